The van der Waals surface area contributed by atoms with Crippen LogP contribution in [0.15, 0.2) is 30.3 Å². The number of carbonyl (C=O) groups is 2. The Labute approximate surface area is 111 Å². The van der Waals surface area contributed by atoms with Crippen molar-refractivity contribution in [1.82, 2.24) is 10.2 Å². The number of benzene rings is 1. The van der Waals surface area contributed by atoms with Gasteiger partial charge in [-0.25, -0.2) is 0 Å². The van der Waals surface area contributed by atoms with Gasteiger partial charge in [0, 0.05) is 19.2 Å². The summed E-state index contributed by atoms with van der Waals surface area (Å²) < 4.78 is 0. The molecule has 18 heavy (non-hydrogen) atoms. The molecule has 0 bridgehead atoms. The highest BCUT2D eigenvalue weighted by molar-refractivity contribution is 7.99. The van der Waals surface area contributed by atoms with E-state index in [2.05, 4.69) is 5.32 Å². The van der Waals surface area contributed by atoms with Gasteiger partial charge in [-0.2, -0.15) is 0 Å². The van der Waals surface area contributed by atoms with Crippen LogP contribution in [0.5, 0.6) is 0 Å². The molecule has 5 heteroatoms. The standard InChI is InChI=1S/C13H16N2O2S/c1-10(16)15-9-18-8-12(15)13(17)14-7-11-5-3-2-4-6-11/h2-6,12H,7-9H2,1H3,(H,14,17)/t12-/m0/s1. The number of amides is 2. The summed E-state index contributed by atoms with van der Waals surface area (Å²) in [6, 6.07) is 9.43. The first-order valence-electron chi connectivity index (χ1n) is 5.85. The molecule has 0 aliphatic carbocycles. The van der Waals surface area contributed by atoms with Crippen LogP contribution < -0.4 is 5.32 Å². The highest BCUT2D eigenvalue weighted by Crippen LogP contribution is 2.20. The van der Waals surface area contributed by atoms with Crippen LogP contribution in [0, 0.1) is 0 Å². The number of hydrogen-bond acceptors (Lipinski definition) is 3. The topological polar surface area (TPSA) is 49.4 Å². The Bertz CT molecular complexity index is 436. The number of hydrogen-bond donors (Lipinski definition) is 1. The smallest absolute Gasteiger partial charge is 0.243 e. The number of carbonyl (C=O) groups excluding carboxylic acids is 2. The zero-order chi connectivity index (χ0) is 13.0. The monoisotopic (exact) mass is 264 g/mol. The van der Waals surface area contributed by atoms with E-state index in [1.165, 1.54) is 6.92 Å². The van der Waals surface area contributed by atoms with Crippen LogP contribution in [0.2, 0.25) is 0 Å². The molecule has 0 unspecified atom stereocenters. The van der Waals surface area contributed by atoms with Crippen LogP contribution >= 0.6 is 11.8 Å². The van der Waals surface area contributed by atoms with Gasteiger partial charge >= 0.3 is 0 Å². The minimum Gasteiger partial charge on any atom is -0.350 e. The molecule has 1 N–H and O–H groups in total. The molecule has 1 aromatic carbocycles. The fourth-order valence-electron chi connectivity index (χ4n) is 1.87. The summed E-state index contributed by atoms with van der Waals surface area (Å²) in [4.78, 5) is 25.0. The Morgan fingerprint density at radius 2 is 2.11 bits per heavy atom. The lowest BCUT2D eigenvalue weighted by molar-refractivity contribution is -0.136. The molecule has 2 amide bonds. The van der Waals surface area contributed by atoms with Crippen molar-refractivity contribution in [2.75, 3.05) is 11.6 Å². The van der Waals surface area contributed by atoms with Crippen LogP contribution in [-0.4, -0.2) is 34.4 Å². The van der Waals surface area contributed by atoms with E-state index in [4.69, 9.17) is 0 Å². The third kappa shape index (κ3) is 3.04. The number of thioether (sulfide) groups is 1. The molecule has 2 rings (SSSR count). The van der Waals surface area contributed by atoms with E-state index >= 15 is 0 Å². The SMILES string of the molecule is CC(=O)N1CSC[C@H]1C(=O)NCc1ccccc1. The summed E-state index contributed by atoms with van der Waals surface area (Å²) in [6.07, 6.45) is 0. The average Bonchev–Trinajstić information content (AvgIpc) is 2.86. The van der Waals surface area contributed by atoms with E-state index in [0.29, 0.717) is 18.2 Å². The lowest BCUT2D eigenvalue weighted by atomic mass is 10.2. The zero-order valence-electron chi connectivity index (χ0n) is 10.3. The fourth-order valence-corrected chi connectivity index (χ4v) is 3.09. The number of nitrogens with zero attached hydrogens (tertiary/aromatic N) is 1. The molecule has 4 nitrogen and oxygen atoms in total. The van der Waals surface area contributed by atoms with Gasteiger partial charge in [0.05, 0.1) is 5.88 Å². The normalized spacial score (nSPS) is 18.7. The summed E-state index contributed by atoms with van der Waals surface area (Å²) in [6.45, 7) is 2.01. The molecule has 1 aliphatic heterocycles. The summed E-state index contributed by atoms with van der Waals surface area (Å²) in [5.74, 6) is 1.18. The molecule has 96 valence electrons. The fraction of sp³-hybridized carbons (Fsp3) is 0.385. The van der Waals surface area contributed by atoms with Crippen LogP contribution in [0.4, 0.5) is 0 Å². The van der Waals surface area contributed by atoms with Gasteiger partial charge in [-0.1, -0.05) is 30.3 Å². The van der Waals surface area contributed by atoms with Crippen molar-refractivity contribution in [2.45, 2.75) is 19.5 Å². The number of nitrogens with one attached hydrogen (secondary N) is 1. The molecular weight excluding hydrogens is 248 g/mol. The van der Waals surface area contributed by atoms with Crippen molar-refractivity contribution in [3.8, 4) is 0 Å². The van der Waals surface area contributed by atoms with Crippen molar-refractivity contribution in [1.29, 1.82) is 0 Å². The van der Waals surface area contributed by atoms with Gasteiger partial charge < -0.3 is 10.2 Å². The molecule has 1 heterocycles. The lowest BCUT2D eigenvalue weighted by Crippen LogP contribution is -2.46. The van der Waals surface area contributed by atoms with Gasteiger partial charge in [-0.3, -0.25) is 9.59 Å². The van der Waals surface area contributed by atoms with E-state index in [0.717, 1.165) is 5.56 Å². The average molecular weight is 264 g/mol. The highest BCUT2D eigenvalue weighted by Gasteiger charge is 2.32. The Balaban J connectivity index is 1.90. The maximum atomic E-state index is 12.0. The van der Waals surface area contributed by atoms with Crippen LogP contribution in [-0.2, 0) is 16.1 Å². The summed E-state index contributed by atoms with van der Waals surface area (Å²) >= 11 is 1.61. The van der Waals surface area contributed by atoms with Gasteiger partial charge in [-0.15, -0.1) is 11.8 Å². The highest BCUT2D eigenvalue weighted by atomic mass is 32.2. The molecular formula is C13H16N2O2S. The Morgan fingerprint density at radius 1 is 1.39 bits per heavy atom. The van der Waals surface area contributed by atoms with E-state index in [-0.39, 0.29) is 17.9 Å². The maximum absolute atomic E-state index is 12.0. The zero-order valence-corrected chi connectivity index (χ0v) is 11.1. The second-order valence-electron chi connectivity index (χ2n) is 4.21. The lowest BCUT2D eigenvalue weighted by Gasteiger charge is -2.21. The summed E-state index contributed by atoms with van der Waals surface area (Å²) in [7, 11) is 0. The second kappa shape index (κ2) is 5.91. The first-order valence-corrected chi connectivity index (χ1v) is 7.00. The molecule has 1 fully saturated rings. The first-order chi connectivity index (χ1) is 8.68. The van der Waals surface area contributed by atoms with E-state index in [1.807, 2.05) is 30.3 Å². The Hall–Kier alpha value is -1.49. The molecule has 1 saturated heterocycles. The molecule has 0 radical (unpaired) electrons. The minimum absolute atomic E-state index is 0.0418. The van der Waals surface area contributed by atoms with Gasteiger partial charge in [0.1, 0.15) is 6.04 Å². The quantitative estimate of drug-likeness (QED) is 0.893. The third-order valence-electron chi connectivity index (χ3n) is 2.90. The van der Waals surface area contributed by atoms with Crippen molar-refractivity contribution in [3.63, 3.8) is 0 Å². The molecule has 1 aromatic rings. The molecule has 1 atom stereocenters. The maximum Gasteiger partial charge on any atom is 0.243 e. The molecule has 0 spiro atoms. The van der Waals surface area contributed by atoms with E-state index < -0.39 is 0 Å². The Kier molecular flexibility index (Phi) is 4.25. The first kappa shape index (κ1) is 13.0. The van der Waals surface area contributed by atoms with Crippen LogP contribution in [0.1, 0.15) is 12.5 Å². The van der Waals surface area contributed by atoms with Gasteiger partial charge in [0.2, 0.25) is 11.8 Å². The van der Waals surface area contributed by atoms with Crippen molar-refractivity contribution < 1.29 is 9.59 Å². The summed E-state index contributed by atoms with van der Waals surface area (Å²) in [5, 5.41) is 2.88. The van der Waals surface area contributed by atoms with Crippen LogP contribution in [0.3, 0.4) is 0 Å². The van der Waals surface area contributed by atoms with E-state index in [9.17, 15) is 9.59 Å². The van der Waals surface area contributed by atoms with Crippen LogP contribution in [0.25, 0.3) is 0 Å². The molecule has 0 aromatic heterocycles. The molecule has 1 aliphatic rings. The molecule has 0 saturated carbocycles. The van der Waals surface area contributed by atoms with Crippen molar-refractivity contribution in [3.05, 3.63) is 35.9 Å². The Morgan fingerprint density at radius 3 is 2.78 bits per heavy atom. The van der Waals surface area contributed by atoms with Gasteiger partial charge in [0.25, 0.3) is 0 Å². The van der Waals surface area contributed by atoms with E-state index in [1.54, 1.807) is 16.7 Å². The minimum atomic E-state index is -0.323. The van der Waals surface area contributed by atoms with Crippen molar-refractivity contribution >= 4 is 23.6 Å². The number of rotatable bonds is 3. The second-order valence-corrected chi connectivity index (χ2v) is 5.21. The predicted octanol–water partition coefficient (Wildman–Crippen LogP) is 1.22. The largest absolute Gasteiger partial charge is 0.350 e. The summed E-state index contributed by atoms with van der Waals surface area (Å²) in [5.41, 5.74) is 1.06. The third-order valence-corrected chi connectivity index (χ3v) is 3.91. The van der Waals surface area contributed by atoms with Gasteiger partial charge in [0.15, 0.2) is 0 Å². The predicted molar refractivity (Wildman–Crippen MR) is 71.9 cm³/mol. The van der Waals surface area contributed by atoms with Gasteiger partial charge in [-0.05, 0) is 5.56 Å². The van der Waals surface area contributed by atoms with Crippen molar-refractivity contribution in [2.24, 2.45) is 0 Å².